The molecule has 0 spiro atoms. The van der Waals surface area contributed by atoms with E-state index in [1.165, 1.54) is 0 Å². The first kappa shape index (κ1) is 18.9. The minimum Gasteiger partial charge on any atom is -0.436 e. The molecule has 1 unspecified atom stereocenters. The number of hydrogen-bond donors (Lipinski definition) is 1. The summed E-state index contributed by atoms with van der Waals surface area (Å²) in [6.45, 7) is 0. The Morgan fingerprint density at radius 1 is 1.07 bits per heavy atom. The molecule has 6 heteroatoms. The molecule has 5 rings (SSSR count). The Bertz CT molecular complexity index is 1060. The predicted octanol–water partition coefficient (Wildman–Crippen LogP) is 4.26. The summed E-state index contributed by atoms with van der Waals surface area (Å²) in [5, 5.41) is 3.15. The molecule has 2 saturated carbocycles. The fourth-order valence-electron chi connectivity index (χ4n) is 4.23. The van der Waals surface area contributed by atoms with E-state index in [0.717, 1.165) is 48.8 Å². The summed E-state index contributed by atoms with van der Waals surface area (Å²) in [4.78, 5) is 31.3. The van der Waals surface area contributed by atoms with Crippen molar-refractivity contribution in [1.82, 2.24) is 15.2 Å². The lowest BCUT2D eigenvalue weighted by Crippen LogP contribution is -2.38. The first-order chi connectivity index (χ1) is 14.6. The number of hydrogen-bond acceptors (Lipinski definition) is 4. The second-order valence-electron chi connectivity index (χ2n) is 8.43. The fourth-order valence-corrected chi connectivity index (χ4v) is 4.23. The van der Waals surface area contributed by atoms with E-state index in [2.05, 4.69) is 10.3 Å². The van der Waals surface area contributed by atoms with E-state index in [0.29, 0.717) is 11.5 Å². The zero-order valence-corrected chi connectivity index (χ0v) is 17.0. The maximum absolute atomic E-state index is 13.0. The van der Waals surface area contributed by atoms with Crippen LogP contribution in [0.3, 0.4) is 0 Å². The van der Waals surface area contributed by atoms with Gasteiger partial charge in [-0.15, -0.1) is 0 Å². The number of amides is 2. The Hall–Kier alpha value is -3.15. The summed E-state index contributed by atoms with van der Waals surface area (Å²) in [5.74, 6) is 0.958. The number of nitrogens with one attached hydrogen (secondary N) is 1. The van der Waals surface area contributed by atoms with Crippen molar-refractivity contribution < 1.29 is 15.4 Å². The number of carbonyl (C=O) groups is 2. The Kier molecular flexibility index (Phi) is 4.77. The van der Waals surface area contributed by atoms with Crippen LogP contribution < -0.4 is 5.32 Å². The monoisotopic (exact) mass is 405 g/mol. The third-order valence-corrected chi connectivity index (χ3v) is 6.24. The highest BCUT2D eigenvalue weighted by atomic mass is 16.3. The van der Waals surface area contributed by atoms with Crippen molar-refractivity contribution in [1.29, 1.82) is 0 Å². The lowest BCUT2D eigenvalue weighted by molar-refractivity contribution is -0.122. The molecule has 0 aliphatic heterocycles. The summed E-state index contributed by atoms with van der Waals surface area (Å²) >= 11 is 0. The van der Waals surface area contributed by atoms with Gasteiger partial charge in [0.2, 0.25) is 11.8 Å². The van der Waals surface area contributed by atoms with Gasteiger partial charge in [-0.25, -0.2) is 4.98 Å². The Balaban J connectivity index is 0.00000231. The number of rotatable bonds is 5. The van der Waals surface area contributed by atoms with Gasteiger partial charge in [0.15, 0.2) is 5.58 Å². The summed E-state index contributed by atoms with van der Waals surface area (Å²) in [7, 11) is 1.85. The van der Waals surface area contributed by atoms with Crippen molar-refractivity contribution in [3.63, 3.8) is 0 Å². The zero-order valence-electron chi connectivity index (χ0n) is 17.0. The van der Waals surface area contributed by atoms with Gasteiger partial charge in [0.1, 0.15) is 5.52 Å². The number of fused-ring (bicyclic) bond motifs is 1. The maximum Gasteiger partial charge on any atom is 0.253 e. The number of nitrogens with zero attached hydrogens (tertiary/aromatic N) is 2. The topological polar surface area (TPSA) is 75.4 Å². The maximum atomic E-state index is 13.0. The minimum atomic E-state index is -0.00159. The van der Waals surface area contributed by atoms with Gasteiger partial charge in [-0.1, -0.05) is 12.1 Å². The molecule has 1 heterocycles. The first-order valence-electron chi connectivity index (χ1n) is 10.6. The highest BCUT2D eigenvalue weighted by molar-refractivity contribution is 5.94. The molecule has 0 bridgehead atoms. The summed E-state index contributed by atoms with van der Waals surface area (Å²) in [6, 6.07) is 15.4. The highest BCUT2D eigenvalue weighted by Gasteiger charge is 2.35. The van der Waals surface area contributed by atoms with E-state index in [1.54, 1.807) is 0 Å². The van der Waals surface area contributed by atoms with E-state index in [4.69, 9.17) is 4.42 Å². The van der Waals surface area contributed by atoms with Crippen LogP contribution in [0.4, 0.5) is 0 Å². The van der Waals surface area contributed by atoms with Crippen molar-refractivity contribution in [2.75, 3.05) is 7.05 Å². The van der Waals surface area contributed by atoms with Crippen LogP contribution in [0.5, 0.6) is 0 Å². The molecular weight excluding hydrogens is 378 g/mol. The molecular formula is C24H27N3O3. The smallest absolute Gasteiger partial charge is 0.253 e. The summed E-state index contributed by atoms with van der Waals surface area (Å²) in [5.41, 5.74) is 3.05. The number of carbonyl (C=O) groups excluding carboxylic acids is 2. The molecule has 0 saturated heterocycles. The molecule has 3 aromatic rings. The number of oxazole rings is 1. The quantitative estimate of drug-likeness (QED) is 0.688. The van der Waals surface area contributed by atoms with Crippen LogP contribution in [0.25, 0.3) is 22.6 Å². The number of benzene rings is 2. The van der Waals surface area contributed by atoms with Gasteiger partial charge in [-0.2, -0.15) is 0 Å². The van der Waals surface area contributed by atoms with E-state index in [1.807, 2.05) is 60.5 Å². The van der Waals surface area contributed by atoms with Crippen LogP contribution in [0, 0.1) is 5.92 Å². The molecule has 2 aromatic carbocycles. The van der Waals surface area contributed by atoms with Crippen LogP contribution >= 0.6 is 0 Å². The Labute approximate surface area is 176 Å². The van der Waals surface area contributed by atoms with E-state index < -0.39 is 0 Å². The third-order valence-electron chi connectivity index (χ3n) is 6.24. The summed E-state index contributed by atoms with van der Waals surface area (Å²) in [6.07, 6.45) is 4.69. The molecule has 2 aliphatic rings. The number of para-hydroxylation sites is 2. The third kappa shape index (κ3) is 3.70. The molecule has 0 radical (unpaired) electrons. The SMILES string of the molecule is CN(C(=O)c1ccc(-c2nc3ccccc3o2)cc1)C1CC[C@H](NC(=O)C2CC2)C1.[HH]. The molecule has 2 amide bonds. The molecule has 6 nitrogen and oxygen atoms in total. The lowest BCUT2D eigenvalue weighted by atomic mass is 10.1. The van der Waals surface area contributed by atoms with Gasteiger partial charge < -0.3 is 14.6 Å². The molecule has 2 atom stereocenters. The molecule has 156 valence electrons. The molecule has 1 N–H and O–H groups in total. The molecule has 2 aliphatic carbocycles. The van der Waals surface area contributed by atoms with E-state index in [-0.39, 0.29) is 31.2 Å². The van der Waals surface area contributed by atoms with Crippen molar-refractivity contribution in [2.45, 2.75) is 44.2 Å². The number of aromatic nitrogens is 1. The Morgan fingerprint density at radius 2 is 1.83 bits per heavy atom. The fraction of sp³-hybridized carbons (Fsp3) is 0.375. The normalized spacial score (nSPS) is 21.0. The zero-order chi connectivity index (χ0) is 20.7. The Morgan fingerprint density at radius 3 is 2.57 bits per heavy atom. The molecule has 1 aromatic heterocycles. The van der Waals surface area contributed by atoms with Gasteiger partial charge in [0.05, 0.1) is 0 Å². The van der Waals surface area contributed by atoms with E-state index in [9.17, 15) is 9.59 Å². The average molecular weight is 405 g/mol. The van der Waals surface area contributed by atoms with Crippen molar-refractivity contribution in [3.8, 4) is 11.5 Å². The van der Waals surface area contributed by atoms with Crippen molar-refractivity contribution >= 4 is 22.9 Å². The predicted molar refractivity (Wildman–Crippen MR) is 116 cm³/mol. The van der Waals surface area contributed by atoms with Crippen molar-refractivity contribution in [3.05, 3.63) is 54.1 Å². The van der Waals surface area contributed by atoms with Crippen LogP contribution in [0.2, 0.25) is 0 Å². The lowest BCUT2D eigenvalue weighted by Gasteiger charge is -2.25. The van der Waals surface area contributed by atoms with Gasteiger partial charge in [-0.3, -0.25) is 9.59 Å². The standard InChI is InChI=1S/C24H25N3O3.H2/c1-27(19-13-12-18(14-19)25-22(28)15-6-7-15)24(29)17-10-8-16(9-11-17)23-26-20-4-2-3-5-21(20)30-23;/h2-5,8-11,15,18-19H,6-7,12-14H2,1H3,(H,25,28);1H/t18-,19?;/m0./s1. The largest absolute Gasteiger partial charge is 0.436 e. The van der Waals surface area contributed by atoms with Crippen molar-refractivity contribution in [2.24, 2.45) is 5.92 Å². The second kappa shape index (κ2) is 7.59. The highest BCUT2D eigenvalue weighted by Crippen LogP contribution is 2.31. The van der Waals surface area contributed by atoms with Crippen LogP contribution in [0.15, 0.2) is 52.9 Å². The summed E-state index contributed by atoms with van der Waals surface area (Å²) < 4.78 is 5.81. The van der Waals surface area contributed by atoms with Crippen LogP contribution in [0.1, 0.15) is 43.9 Å². The first-order valence-corrected chi connectivity index (χ1v) is 10.6. The van der Waals surface area contributed by atoms with Gasteiger partial charge in [0, 0.05) is 37.6 Å². The van der Waals surface area contributed by atoms with E-state index >= 15 is 0 Å². The van der Waals surface area contributed by atoms with Gasteiger partial charge >= 0.3 is 0 Å². The van der Waals surface area contributed by atoms with Gasteiger partial charge in [0.25, 0.3) is 5.91 Å². The molecule has 30 heavy (non-hydrogen) atoms. The molecule has 2 fully saturated rings. The average Bonchev–Trinajstić information content (AvgIpc) is 3.37. The second-order valence-corrected chi connectivity index (χ2v) is 8.43. The van der Waals surface area contributed by atoms with Crippen LogP contribution in [-0.2, 0) is 4.79 Å². The minimum absolute atomic E-state index is 0. The van der Waals surface area contributed by atoms with Crippen LogP contribution in [-0.4, -0.2) is 40.8 Å². The van der Waals surface area contributed by atoms with Gasteiger partial charge in [-0.05, 0) is 68.5 Å².